The van der Waals surface area contributed by atoms with Crippen molar-refractivity contribution >= 4 is 17.5 Å². The summed E-state index contributed by atoms with van der Waals surface area (Å²) in [5.74, 6) is 0.0868. The highest BCUT2D eigenvalue weighted by Crippen LogP contribution is 2.75. The van der Waals surface area contributed by atoms with Crippen LogP contribution >= 0.6 is 0 Å². The van der Waals surface area contributed by atoms with Crippen molar-refractivity contribution in [2.24, 2.45) is 56.2 Å². The number of hydroxylamine groups is 1. The monoisotopic (exact) mass is 522 g/mol. The zero-order chi connectivity index (χ0) is 28.1. The fraction of sp³-hybridized carbons (Fsp3) is 0.812. The number of amides is 1. The molecule has 1 N–H and O–H groups in total. The zero-order valence-electron chi connectivity index (χ0n) is 24.6. The summed E-state index contributed by atoms with van der Waals surface area (Å²) < 4.78 is 0. The SMILES string of the molecule is CONC(=O)[C@]12CCC(C)(C)CC1C1C(=O)CC3[C@@]4(C)C=C(C#N)C(=O)C(C)(C)C4CC[C@@]3(C)[C@]1(C)CC2. The first-order chi connectivity index (χ1) is 17.5. The number of rotatable bonds is 2. The smallest absolute Gasteiger partial charge is 0.250 e. The fourth-order valence-electron chi connectivity index (χ4n) is 10.9. The predicted octanol–water partition coefficient (Wildman–Crippen LogP) is 5.96. The molecule has 0 bridgehead atoms. The van der Waals surface area contributed by atoms with E-state index in [1.165, 1.54) is 7.11 Å². The van der Waals surface area contributed by atoms with Crippen molar-refractivity contribution in [3.63, 3.8) is 0 Å². The van der Waals surface area contributed by atoms with E-state index in [0.29, 0.717) is 6.42 Å². The lowest BCUT2D eigenvalue weighted by Crippen LogP contribution is -2.69. The molecule has 0 aromatic heterocycles. The summed E-state index contributed by atoms with van der Waals surface area (Å²) in [4.78, 5) is 46.5. The first kappa shape index (κ1) is 27.6. The van der Waals surface area contributed by atoms with Gasteiger partial charge in [-0.1, -0.05) is 54.5 Å². The van der Waals surface area contributed by atoms with Gasteiger partial charge in [0.15, 0.2) is 5.78 Å². The lowest BCUT2D eigenvalue weighted by molar-refractivity contribution is -0.223. The van der Waals surface area contributed by atoms with Crippen LogP contribution in [0.15, 0.2) is 11.6 Å². The predicted molar refractivity (Wildman–Crippen MR) is 144 cm³/mol. The lowest BCUT2D eigenvalue weighted by atomic mass is 9.31. The molecule has 5 aliphatic rings. The van der Waals surface area contributed by atoms with Gasteiger partial charge in [0.1, 0.15) is 11.9 Å². The van der Waals surface area contributed by atoms with Crippen LogP contribution in [0.1, 0.15) is 99.8 Å². The number of carbonyl (C=O) groups excluding carboxylic acids is 3. The molecular weight excluding hydrogens is 476 g/mol. The minimum Gasteiger partial charge on any atom is -0.299 e. The summed E-state index contributed by atoms with van der Waals surface area (Å²) in [6.07, 6.45) is 8.44. The molecule has 8 atom stereocenters. The Kier molecular flexibility index (Phi) is 5.99. The minimum atomic E-state index is -0.635. The maximum absolute atomic E-state index is 14.5. The second-order valence-corrected chi connectivity index (χ2v) is 15.5. The maximum Gasteiger partial charge on any atom is 0.250 e. The molecule has 0 spiro atoms. The lowest BCUT2D eigenvalue weighted by Gasteiger charge is -2.71. The van der Waals surface area contributed by atoms with Crippen molar-refractivity contribution in [3.05, 3.63) is 11.6 Å². The third-order valence-electron chi connectivity index (χ3n) is 13.1. The van der Waals surface area contributed by atoms with E-state index in [1.807, 2.05) is 19.9 Å². The number of nitrogens with zero attached hydrogens (tertiary/aromatic N) is 1. The summed E-state index contributed by atoms with van der Waals surface area (Å²) >= 11 is 0. The van der Waals surface area contributed by atoms with Crippen molar-refractivity contribution in [1.29, 1.82) is 5.26 Å². The molecule has 208 valence electrons. The molecule has 38 heavy (non-hydrogen) atoms. The normalized spacial score (nSPS) is 46.9. The van der Waals surface area contributed by atoms with Gasteiger partial charge in [-0.25, -0.2) is 5.48 Å². The Hall–Kier alpha value is -2.00. The molecule has 1 amide bonds. The van der Waals surface area contributed by atoms with Crippen LogP contribution in [0.25, 0.3) is 0 Å². The summed E-state index contributed by atoms with van der Waals surface area (Å²) in [6, 6.07) is 2.20. The van der Waals surface area contributed by atoms with Crippen LogP contribution in [0.5, 0.6) is 0 Å². The largest absolute Gasteiger partial charge is 0.299 e. The van der Waals surface area contributed by atoms with Crippen molar-refractivity contribution in [2.45, 2.75) is 99.8 Å². The number of allylic oxidation sites excluding steroid dienone is 2. The van der Waals surface area contributed by atoms with E-state index in [0.717, 1.165) is 44.9 Å². The van der Waals surface area contributed by atoms with E-state index in [2.05, 4.69) is 46.2 Å². The third kappa shape index (κ3) is 3.30. The molecule has 0 heterocycles. The molecule has 4 unspecified atom stereocenters. The Morgan fingerprint density at radius 1 is 0.974 bits per heavy atom. The summed E-state index contributed by atoms with van der Waals surface area (Å²) in [6.45, 7) is 15.5. The first-order valence-electron chi connectivity index (χ1n) is 14.6. The van der Waals surface area contributed by atoms with Crippen LogP contribution in [0.4, 0.5) is 0 Å². The average Bonchev–Trinajstić information content (AvgIpc) is 2.82. The summed E-state index contributed by atoms with van der Waals surface area (Å²) in [7, 11) is 1.49. The molecule has 4 fully saturated rings. The van der Waals surface area contributed by atoms with Crippen LogP contribution in [0.3, 0.4) is 0 Å². The van der Waals surface area contributed by atoms with Crippen molar-refractivity contribution in [1.82, 2.24) is 5.48 Å². The van der Waals surface area contributed by atoms with E-state index >= 15 is 0 Å². The van der Waals surface area contributed by atoms with Crippen LogP contribution in [0, 0.1) is 67.5 Å². The van der Waals surface area contributed by atoms with E-state index in [4.69, 9.17) is 4.84 Å². The van der Waals surface area contributed by atoms with E-state index < -0.39 is 16.2 Å². The first-order valence-corrected chi connectivity index (χ1v) is 14.6. The number of nitrogens with one attached hydrogen (secondary N) is 1. The molecule has 5 aliphatic carbocycles. The average molecular weight is 523 g/mol. The van der Waals surface area contributed by atoms with Gasteiger partial charge >= 0.3 is 0 Å². The minimum absolute atomic E-state index is 0.0226. The van der Waals surface area contributed by atoms with Gasteiger partial charge in [0.05, 0.1) is 18.1 Å². The number of Topliss-reactive ketones (excluding diaryl/α,β-unsaturated/α-hetero) is 2. The quantitative estimate of drug-likeness (QED) is 0.451. The van der Waals surface area contributed by atoms with Gasteiger partial charge in [0, 0.05) is 17.8 Å². The van der Waals surface area contributed by atoms with Gasteiger partial charge in [0.25, 0.3) is 0 Å². The van der Waals surface area contributed by atoms with Crippen molar-refractivity contribution in [3.8, 4) is 6.07 Å². The highest BCUT2D eigenvalue weighted by atomic mass is 16.6. The zero-order valence-corrected chi connectivity index (χ0v) is 24.6. The molecule has 6 heteroatoms. The highest BCUT2D eigenvalue weighted by molar-refractivity contribution is 6.04. The summed E-state index contributed by atoms with van der Waals surface area (Å²) in [5.41, 5.74) is 0.963. The maximum atomic E-state index is 14.5. The van der Waals surface area contributed by atoms with Gasteiger partial charge in [-0.05, 0) is 84.4 Å². The van der Waals surface area contributed by atoms with E-state index in [-0.39, 0.29) is 63.0 Å². The molecule has 0 saturated heterocycles. The highest BCUT2D eigenvalue weighted by Gasteiger charge is 2.73. The fourth-order valence-corrected chi connectivity index (χ4v) is 10.9. The number of carbonyl (C=O) groups is 3. The van der Waals surface area contributed by atoms with Gasteiger partial charge in [-0.3, -0.25) is 19.2 Å². The van der Waals surface area contributed by atoms with Crippen LogP contribution in [0.2, 0.25) is 0 Å². The van der Waals surface area contributed by atoms with E-state index in [1.54, 1.807) is 0 Å². The molecule has 5 rings (SSSR count). The Morgan fingerprint density at radius 2 is 1.63 bits per heavy atom. The topological polar surface area (TPSA) is 96.3 Å². The number of hydrogen-bond donors (Lipinski definition) is 1. The Balaban J connectivity index is 1.63. The van der Waals surface area contributed by atoms with Crippen LogP contribution in [-0.4, -0.2) is 24.6 Å². The Morgan fingerprint density at radius 3 is 2.26 bits per heavy atom. The molecule has 0 aliphatic heterocycles. The standard InChI is InChI=1S/C32H46N2O4/c1-27(2)11-13-32(26(37)34-38-8)14-12-31(7)24(20(32)17-27)21(35)15-23-29(5)16-19(18-33)25(36)28(3,4)22(29)9-10-30(23,31)6/h16,20,22-24H,9-15,17H2,1-8H3,(H,34,37)/t20?,22?,23?,24?,29-,30+,31+,32-/m0/s1. The second kappa shape index (κ2) is 8.26. The number of hydrogen-bond acceptors (Lipinski definition) is 5. The Labute approximate surface area is 228 Å². The summed E-state index contributed by atoms with van der Waals surface area (Å²) in [5, 5.41) is 9.90. The molecule has 0 aromatic carbocycles. The van der Waals surface area contributed by atoms with Crippen LogP contribution < -0.4 is 5.48 Å². The van der Waals surface area contributed by atoms with Crippen molar-refractivity contribution in [2.75, 3.05) is 7.11 Å². The Bertz CT molecular complexity index is 1160. The number of ketones is 2. The van der Waals surface area contributed by atoms with Gasteiger partial charge in [-0.15, -0.1) is 0 Å². The van der Waals surface area contributed by atoms with Gasteiger partial charge in [0.2, 0.25) is 5.91 Å². The van der Waals surface area contributed by atoms with Crippen LogP contribution in [-0.2, 0) is 19.2 Å². The molecule has 0 radical (unpaired) electrons. The van der Waals surface area contributed by atoms with E-state index in [9.17, 15) is 19.6 Å². The molecule has 4 saturated carbocycles. The third-order valence-corrected chi connectivity index (χ3v) is 13.1. The molecule has 6 nitrogen and oxygen atoms in total. The van der Waals surface area contributed by atoms with Gasteiger partial charge in [-0.2, -0.15) is 5.26 Å². The second-order valence-electron chi connectivity index (χ2n) is 15.5. The molecule has 0 aromatic rings. The number of nitriles is 1. The van der Waals surface area contributed by atoms with Gasteiger partial charge < -0.3 is 0 Å². The molecular formula is C32H46N2O4. The number of fused-ring (bicyclic) bond motifs is 7. The van der Waals surface area contributed by atoms with Crippen molar-refractivity contribution < 1.29 is 19.2 Å².